The van der Waals surface area contributed by atoms with Gasteiger partial charge in [0.15, 0.2) is 0 Å². The van der Waals surface area contributed by atoms with E-state index in [1.165, 1.54) is 0 Å². The van der Waals surface area contributed by atoms with Crippen molar-refractivity contribution in [1.29, 1.82) is 0 Å². The first-order chi connectivity index (χ1) is 16.5. The van der Waals surface area contributed by atoms with Crippen molar-refractivity contribution in [1.82, 2.24) is 0 Å². The quantitative estimate of drug-likeness (QED) is 0.132. The number of ether oxygens (including phenoxy) is 3. The maximum atomic E-state index is 12.7. The number of carbonyl (C=O) groups is 2. The van der Waals surface area contributed by atoms with E-state index >= 15 is 0 Å². The smallest absolute Gasteiger partial charge is 0.343 e. The van der Waals surface area contributed by atoms with Gasteiger partial charge in [0, 0.05) is 11.1 Å². The summed E-state index contributed by atoms with van der Waals surface area (Å²) in [4.78, 5) is 24.0. The van der Waals surface area contributed by atoms with Crippen molar-refractivity contribution < 1.29 is 23.8 Å². The van der Waals surface area contributed by atoms with E-state index in [0.717, 1.165) is 36.8 Å². The lowest BCUT2D eigenvalue weighted by molar-refractivity contribution is -0.139. The fourth-order valence-electron chi connectivity index (χ4n) is 3.29. The molecule has 0 saturated carbocycles. The fourth-order valence-corrected chi connectivity index (χ4v) is 3.29. The van der Waals surface area contributed by atoms with Crippen LogP contribution in [-0.2, 0) is 9.53 Å². The second-order valence-corrected chi connectivity index (χ2v) is 7.96. The predicted molar refractivity (Wildman–Crippen MR) is 133 cm³/mol. The molecule has 176 valence electrons. The van der Waals surface area contributed by atoms with Gasteiger partial charge in [-0.15, -0.1) is 0 Å². The van der Waals surface area contributed by atoms with Crippen molar-refractivity contribution >= 4 is 11.9 Å². The molecule has 3 aromatic carbocycles. The molecule has 0 spiro atoms. The van der Waals surface area contributed by atoms with Crippen molar-refractivity contribution in [3.63, 3.8) is 0 Å². The predicted octanol–water partition coefficient (Wildman–Crippen LogP) is 6.63. The number of hydrogen-bond acceptors (Lipinski definition) is 5. The summed E-state index contributed by atoms with van der Waals surface area (Å²) in [5.74, 6) is 0.475. The molecule has 0 bridgehead atoms. The molecule has 0 N–H and O–H groups in total. The molecule has 0 amide bonds. The average molecular weight is 459 g/mol. The van der Waals surface area contributed by atoms with Crippen LogP contribution < -0.4 is 9.47 Å². The molecule has 3 rings (SSSR count). The molecule has 0 unspecified atom stereocenters. The monoisotopic (exact) mass is 458 g/mol. The van der Waals surface area contributed by atoms with E-state index in [1.807, 2.05) is 48.5 Å². The molecule has 0 aliphatic heterocycles. The number of unbranched alkanes of at least 4 members (excludes halogenated alkanes) is 3. The van der Waals surface area contributed by atoms with Crippen LogP contribution in [0.4, 0.5) is 0 Å². The molecule has 0 aliphatic carbocycles. The van der Waals surface area contributed by atoms with Gasteiger partial charge in [0.05, 0.1) is 18.8 Å². The summed E-state index contributed by atoms with van der Waals surface area (Å²) in [5, 5.41) is 0. The Morgan fingerprint density at radius 2 is 1.41 bits per heavy atom. The lowest BCUT2D eigenvalue weighted by Crippen LogP contribution is -2.09. The third-order valence-corrected chi connectivity index (χ3v) is 5.15. The Morgan fingerprint density at radius 3 is 2.12 bits per heavy atom. The van der Waals surface area contributed by atoms with Crippen LogP contribution in [-0.4, -0.2) is 25.2 Å². The first-order valence-electron chi connectivity index (χ1n) is 11.5. The van der Waals surface area contributed by atoms with Crippen molar-refractivity contribution in [3.8, 4) is 22.6 Å². The van der Waals surface area contributed by atoms with Crippen molar-refractivity contribution in [2.24, 2.45) is 0 Å². The summed E-state index contributed by atoms with van der Waals surface area (Å²) in [5.41, 5.74) is 2.73. The van der Waals surface area contributed by atoms with Crippen LogP contribution in [0.2, 0.25) is 0 Å². The summed E-state index contributed by atoms with van der Waals surface area (Å²) < 4.78 is 16.5. The maximum absolute atomic E-state index is 12.7. The first-order valence-corrected chi connectivity index (χ1v) is 11.5. The second-order valence-electron chi connectivity index (χ2n) is 7.96. The Bertz CT molecular complexity index is 1090. The van der Waals surface area contributed by atoms with Gasteiger partial charge in [-0.3, -0.25) is 0 Å². The molecule has 0 atom stereocenters. The summed E-state index contributed by atoms with van der Waals surface area (Å²) in [6, 6.07) is 24.3. The lowest BCUT2D eigenvalue weighted by Gasteiger charge is -2.11. The van der Waals surface area contributed by atoms with E-state index in [-0.39, 0.29) is 5.97 Å². The molecule has 0 heterocycles. The van der Waals surface area contributed by atoms with Crippen LogP contribution in [0.5, 0.6) is 11.5 Å². The van der Waals surface area contributed by atoms with E-state index in [0.29, 0.717) is 35.8 Å². The van der Waals surface area contributed by atoms with Gasteiger partial charge in [-0.25, -0.2) is 9.59 Å². The molecule has 0 fully saturated rings. The van der Waals surface area contributed by atoms with Gasteiger partial charge in [-0.05, 0) is 68.5 Å². The van der Waals surface area contributed by atoms with Crippen molar-refractivity contribution in [3.05, 3.63) is 96.6 Å². The summed E-state index contributed by atoms with van der Waals surface area (Å²) in [6.07, 6.45) is 3.66. The molecule has 0 aliphatic rings. The SMILES string of the molecule is C=C(C)C(=O)OCCCCCCOc1ccc(C(=O)Oc2ccccc2-c2ccccc2)cc1. The molecular weight excluding hydrogens is 428 g/mol. The van der Waals surface area contributed by atoms with Gasteiger partial charge in [0.2, 0.25) is 0 Å². The minimum absolute atomic E-state index is 0.337. The van der Waals surface area contributed by atoms with Crippen LogP contribution in [0.1, 0.15) is 43.0 Å². The normalized spacial score (nSPS) is 10.4. The molecule has 5 nitrogen and oxygen atoms in total. The minimum atomic E-state index is -0.415. The third kappa shape index (κ3) is 7.62. The lowest BCUT2D eigenvalue weighted by atomic mass is 10.0. The van der Waals surface area contributed by atoms with Gasteiger partial charge in [0.1, 0.15) is 11.5 Å². The highest BCUT2D eigenvalue weighted by molar-refractivity contribution is 5.92. The van der Waals surface area contributed by atoms with Crippen molar-refractivity contribution in [2.75, 3.05) is 13.2 Å². The number of para-hydroxylation sites is 1. The van der Waals surface area contributed by atoms with E-state index in [4.69, 9.17) is 14.2 Å². The molecule has 3 aromatic rings. The van der Waals surface area contributed by atoms with Gasteiger partial charge in [0.25, 0.3) is 0 Å². The topological polar surface area (TPSA) is 61.8 Å². The summed E-state index contributed by atoms with van der Waals surface area (Å²) >= 11 is 0. The highest BCUT2D eigenvalue weighted by atomic mass is 16.5. The average Bonchev–Trinajstić information content (AvgIpc) is 2.86. The third-order valence-electron chi connectivity index (χ3n) is 5.15. The Morgan fingerprint density at radius 1 is 0.765 bits per heavy atom. The Hall–Kier alpha value is -3.86. The molecule has 0 saturated heterocycles. The van der Waals surface area contributed by atoms with E-state index in [9.17, 15) is 9.59 Å². The van der Waals surface area contributed by atoms with Crippen LogP contribution in [0, 0.1) is 0 Å². The number of esters is 2. The Balaban J connectivity index is 1.42. The van der Waals surface area contributed by atoms with Gasteiger partial charge in [-0.1, -0.05) is 55.1 Å². The molecule has 0 radical (unpaired) electrons. The van der Waals surface area contributed by atoms with E-state index in [2.05, 4.69) is 6.58 Å². The van der Waals surface area contributed by atoms with Gasteiger partial charge in [-0.2, -0.15) is 0 Å². The number of carbonyl (C=O) groups excluding carboxylic acids is 2. The summed E-state index contributed by atoms with van der Waals surface area (Å²) in [6.45, 7) is 6.19. The molecular formula is C29H30O5. The van der Waals surface area contributed by atoms with Crippen LogP contribution >= 0.6 is 0 Å². The number of hydrogen-bond donors (Lipinski definition) is 0. The van der Waals surface area contributed by atoms with Crippen LogP contribution in [0.15, 0.2) is 91.0 Å². The first kappa shape index (κ1) is 24.8. The highest BCUT2D eigenvalue weighted by Gasteiger charge is 2.12. The Kier molecular flexibility index (Phi) is 9.47. The molecule has 34 heavy (non-hydrogen) atoms. The van der Waals surface area contributed by atoms with Crippen LogP contribution in [0.25, 0.3) is 11.1 Å². The van der Waals surface area contributed by atoms with E-state index < -0.39 is 5.97 Å². The van der Waals surface area contributed by atoms with Gasteiger partial charge < -0.3 is 14.2 Å². The van der Waals surface area contributed by atoms with Gasteiger partial charge >= 0.3 is 11.9 Å². The molecule has 0 aromatic heterocycles. The van der Waals surface area contributed by atoms with Crippen LogP contribution in [0.3, 0.4) is 0 Å². The fraction of sp³-hybridized carbons (Fsp3) is 0.241. The molecule has 5 heteroatoms. The summed E-state index contributed by atoms with van der Waals surface area (Å²) in [7, 11) is 0. The second kappa shape index (κ2) is 13.0. The van der Waals surface area contributed by atoms with Crippen molar-refractivity contribution in [2.45, 2.75) is 32.6 Å². The minimum Gasteiger partial charge on any atom is -0.494 e. The highest BCUT2D eigenvalue weighted by Crippen LogP contribution is 2.30. The zero-order chi connectivity index (χ0) is 24.2. The largest absolute Gasteiger partial charge is 0.494 e. The standard InChI is InChI=1S/C29H30O5/c1-22(2)28(30)33-21-11-4-3-10-20-32-25-18-16-24(17-19-25)29(31)34-27-15-9-8-14-26(27)23-12-6-5-7-13-23/h5-9,12-19H,1,3-4,10-11,20-21H2,2H3. The van der Waals surface area contributed by atoms with E-state index in [1.54, 1.807) is 37.3 Å². The zero-order valence-electron chi connectivity index (χ0n) is 19.5. The zero-order valence-corrected chi connectivity index (χ0v) is 19.5. The number of rotatable bonds is 12. The maximum Gasteiger partial charge on any atom is 0.343 e. The Labute approximate surface area is 201 Å². The number of benzene rings is 3.